The van der Waals surface area contributed by atoms with Gasteiger partial charge in [-0.3, -0.25) is 9.80 Å². The van der Waals surface area contributed by atoms with Crippen molar-refractivity contribution in [2.24, 2.45) is 0 Å². The molecule has 4 N–H and O–H groups in total. The fourth-order valence-corrected chi connectivity index (χ4v) is 7.75. The molecule has 4 aromatic rings. The predicted octanol–water partition coefficient (Wildman–Crippen LogP) is 9.89. The minimum atomic E-state index is -1.73. The fourth-order valence-electron chi connectivity index (χ4n) is 7.75. The maximum atomic E-state index is 13.2. The molecule has 1 aliphatic carbocycles. The topological polar surface area (TPSA) is 87.4 Å². The molecule has 0 amide bonds. The van der Waals surface area contributed by atoms with Gasteiger partial charge in [0.15, 0.2) is 5.72 Å². The van der Waals surface area contributed by atoms with E-state index in [1.54, 1.807) is 4.90 Å². The van der Waals surface area contributed by atoms with E-state index in [2.05, 4.69) is 118 Å². The molecule has 8 bridgehead atoms. The number of phenols is 3. The number of hydrogen-bond acceptors (Lipinski definition) is 6. The first-order valence-electron chi connectivity index (χ1n) is 19.4. The van der Waals surface area contributed by atoms with Crippen LogP contribution in [0.15, 0.2) is 54.6 Å². The number of hydrogen-bond donors (Lipinski definition) is 4. The number of aromatic hydroxyl groups is 3. The van der Waals surface area contributed by atoms with Gasteiger partial charge in [0, 0.05) is 35.1 Å². The van der Waals surface area contributed by atoms with E-state index in [1.165, 1.54) is 0 Å². The Morgan fingerprint density at radius 1 is 0.500 bits per heavy atom. The van der Waals surface area contributed by atoms with Crippen molar-refractivity contribution in [3.05, 3.63) is 121 Å². The van der Waals surface area contributed by atoms with Crippen LogP contribution >= 0.6 is 0 Å². The molecule has 6 heteroatoms. The van der Waals surface area contributed by atoms with E-state index in [-0.39, 0.29) is 45.3 Å². The number of aliphatic hydroxyl groups is 1. The van der Waals surface area contributed by atoms with Crippen molar-refractivity contribution in [3.8, 4) is 17.2 Å². The number of benzene rings is 4. The lowest BCUT2D eigenvalue weighted by Gasteiger charge is -2.39. The Kier molecular flexibility index (Phi) is 10.5. The first-order chi connectivity index (χ1) is 24.5. The molecule has 0 saturated carbocycles. The van der Waals surface area contributed by atoms with Crippen LogP contribution < -0.4 is 0 Å². The smallest absolute Gasteiger partial charge is 0.174 e. The summed E-state index contributed by atoms with van der Waals surface area (Å²) in [5, 5.41) is 50.5. The summed E-state index contributed by atoms with van der Waals surface area (Å²) < 4.78 is 0. The second-order valence-electron chi connectivity index (χ2n) is 20.4. The summed E-state index contributed by atoms with van der Waals surface area (Å²) >= 11 is 0. The Bertz CT molecular complexity index is 2070. The number of nitrogens with zero attached hydrogens (tertiary/aromatic N) is 2. The van der Waals surface area contributed by atoms with Crippen LogP contribution in [0.25, 0.3) is 0 Å². The highest BCUT2D eigenvalue weighted by Crippen LogP contribution is 2.48. The third-order valence-corrected chi connectivity index (χ3v) is 11.4. The molecular weight excluding hydrogens is 669 g/mol. The minimum absolute atomic E-state index is 0.00189. The van der Waals surface area contributed by atoms with Crippen LogP contribution in [-0.2, 0) is 40.2 Å². The molecule has 5 rings (SSSR count). The van der Waals surface area contributed by atoms with E-state index < -0.39 is 11.8 Å². The molecule has 292 valence electrons. The maximum absolute atomic E-state index is 13.2. The quantitative estimate of drug-likeness (QED) is 0.154. The summed E-state index contributed by atoms with van der Waals surface area (Å²) in [5.41, 5.74) is 6.72. The summed E-state index contributed by atoms with van der Waals surface area (Å²) in [5.74, 6) is 0.318. The highest BCUT2D eigenvalue weighted by molar-refractivity contribution is 5.60. The van der Waals surface area contributed by atoms with Gasteiger partial charge in [0.1, 0.15) is 17.2 Å². The molecule has 2 atom stereocenters. The average Bonchev–Trinajstić information content (AvgIpc) is 3.02. The first kappa shape index (κ1) is 41.3. The second-order valence-corrected chi connectivity index (χ2v) is 20.4. The zero-order valence-electron chi connectivity index (χ0n) is 35.9. The van der Waals surface area contributed by atoms with Crippen LogP contribution in [0.4, 0.5) is 0 Å². The van der Waals surface area contributed by atoms with E-state index in [0.29, 0.717) is 34.2 Å². The van der Waals surface area contributed by atoms with E-state index in [4.69, 9.17) is 0 Å². The van der Waals surface area contributed by atoms with Gasteiger partial charge < -0.3 is 20.4 Å². The largest absolute Gasteiger partial charge is 0.507 e. The number of fused-ring (bicyclic) bond motifs is 8. The van der Waals surface area contributed by atoms with Crippen molar-refractivity contribution in [2.75, 3.05) is 28.2 Å². The minimum Gasteiger partial charge on any atom is -0.507 e. The Balaban J connectivity index is 2.04. The predicted molar refractivity (Wildman–Crippen MR) is 223 cm³/mol. The molecule has 0 unspecified atom stereocenters. The van der Waals surface area contributed by atoms with Crippen LogP contribution in [-0.4, -0.2) is 58.4 Å². The summed E-state index contributed by atoms with van der Waals surface area (Å²) in [4.78, 5) is 3.82. The highest BCUT2D eigenvalue weighted by Gasteiger charge is 2.40. The molecular formula is C48H66N2O4. The Morgan fingerprint density at radius 3 is 1.30 bits per heavy atom. The molecule has 0 aliphatic heterocycles. The lowest BCUT2D eigenvalue weighted by molar-refractivity contribution is -0.0526. The standard InChI is InChI=1S/C48H66N2O4/c1-44(2,3)32-18-28-17-29-21-33(45(4,5)6)25-37(41(29)51)40(49(13)14)38-26-34(46(7,8)9)22-30(42(38)52)20-31-23-35(47(10,11)12)27-39(43(31)53)48(54,50(15)16)36(19-28)24-32/h18-19,21-27,40,51-54H,17,20H2,1-16H3/t40-,48+/m0/s1. The maximum Gasteiger partial charge on any atom is 0.174 e. The molecule has 4 aromatic carbocycles. The van der Waals surface area contributed by atoms with Gasteiger partial charge in [-0.05, 0) is 113 Å². The molecule has 1 aliphatic rings. The molecule has 0 spiro atoms. The zero-order valence-corrected chi connectivity index (χ0v) is 35.9. The molecule has 0 radical (unpaired) electrons. The SMILES string of the molecule is CN(C)[C@H]1c2cc(C(C)(C)C)cc(c2O)Cc2cc(C(C)(C)C)cc(c2)[C@](O)(N(C)C)c2cc(C(C)(C)C)cc(c2O)Cc2cc(C(C)(C)C)cc1c2O. The van der Waals surface area contributed by atoms with E-state index in [0.717, 1.165) is 38.9 Å². The van der Waals surface area contributed by atoms with Crippen molar-refractivity contribution in [3.63, 3.8) is 0 Å². The van der Waals surface area contributed by atoms with Gasteiger partial charge in [-0.15, -0.1) is 0 Å². The summed E-state index contributed by atoms with van der Waals surface area (Å²) in [6.07, 6.45) is 0.629. The van der Waals surface area contributed by atoms with Gasteiger partial charge >= 0.3 is 0 Å². The van der Waals surface area contributed by atoms with E-state index >= 15 is 0 Å². The Morgan fingerprint density at radius 2 is 0.889 bits per heavy atom. The van der Waals surface area contributed by atoms with Crippen LogP contribution in [0.1, 0.15) is 156 Å². The van der Waals surface area contributed by atoms with Gasteiger partial charge in [0.25, 0.3) is 0 Å². The molecule has 54 heavy (non-hydrogen) atoms. The average molecular weight is 735 g/mol. The second kappa shape index (κ2) is 13.7. The number of phenolic OH excluding ortho intramolecular Hbond substituents is 3. The molecule has 0 heterocycles. The molecule has 0 aromatic heterocycles. The normalized spacial score (nSPS) is 18.4. The van der Waals surface area contributed by atoms with Crippen LogP contribution in [0.3, 0.4) is 0 Å². The van der Waals surface area contributed by atoms with Gasteiger partial charge in [0.05, 0.1) is 6.04 Å². The molecule has 0 fully saturated rings. The monoisotopic (exact) mass is 735 g/mol. The van der Waals surface area contributed by atoms with Crippen molar-refractivity contribution in [1.82, 2.24) is 9.80 Å². The van der Waals surface area contributed by atoms with Crippen molar-refractivity contribution < 1.29 is 20.4 Å². The van der Waals surface area contributed by atoms with Gasteiger partial charge in [-0.1, -0.05) is 119 Å². The third-order valence-electron chi connectivity index (χ3n) is 11.4. The zero-order chi connectivity index (χ0) is 40.7. The first-order valence-corrected chi connectivity index (χ1v) is 19.4. The summed E-state index contributed by atoms with van der Waals surface area (Å²) in [7, 11) is 7.64. The van der Waals surface area contributed by atoms with Crippen molar-refractivity contribution in [1.29, 1.82) is 0 Å². The number of rotatable bonds is 2. The third kappa shape index (κ3) is 7.67. The van der Waals surface area contributed by atoms with Gasteiger partial charge in [-0.2, -0.15) is 0 Å². The Labute approximate surface area is 325 Å². The summed E-state index contributed by atoms with van der Waals surface area (Å²) in [6.45, 7) is 25.9. The van der Waals surface area contributed by atoms with E-state index in [1.807, 2.05) is 52.5 Å². The van der Waals surface area contributed by atoms with Crippen molar-refractivity contribution in [2.45, 2.75) is 129 Å². The van der Waals surface area contributed by atoms with Crippen molar-refractivity contribution >= 4 is 0 Å². The fraction of sp³-hybridized carbons (Fsp3) is 0.500. The molecule has 6 nitrogen and oxygen atoms in total. The Hall–Kier alpha value is -3.84. The van der Waals surface area contributed by atoms with Gasteiger partial charge in [-0.25, -0.2) is 0 Å². The van der Waals surface area contributed by atoms with Crippen LogP contribution in [0.2, 0.25) is 0 Å². The van der Waals surface area contributed by atoms with Crippen LogP contribution in [0, 0.1) is 0 Å². The lowest BCUT2D eigenvalue weighted by Crippen LogP contribution is -2.43. The van der Waals surface area contributed by atoms with Gasteiger partial charge in [0.2, 0.25) is 0 Å². The lowest BCUT2D eigenvalue weighted by atomic mass is 9.77. The summed E-state index contributed by atoms with van der Waals surface area (Å²) in [6, 6.07) is 18.1. The molecule has 0 saturated heterocycles. The highest BCUT2D eigenvalue weighted by atomic mass is 16.3. The van der Waals surface area contributed by atoms with E-state index in [9.17, 15) is 20.4 Å². The van der Waals surface area contributed by atoms with Crippen LogP contribution in [0.5, 0.6) is 17.2 Å².